The molecule has 0 atom stereocenters. The number of ether oxygens (including phenoxy) is 1. The summed E-state index contributed by atoms with van der Waals surface area (Å²) in [6, 6.07) is 4.45. The Morgan fingerprint density at radius 2 is 2.06 bits per heavy atom. The first-order valence-corrected chi connectivity index (χ1v) is 11.0. The van der Waals surface area contributed by atoms with Crippen LogP contribution < -0.4 is 20.7 Å². The van der Waals surface area contributed by atoms with Crippen molar-refractivity contribution in [3.63, 3.8) is 0 Å². The summed E-state index contributed by atoms with van der Waals surface area (Å²) in [6.45, 7) is 5.54. The van der Waals surface area contributed by atoms with E-state index in [1.165, 1.54) is 0 Å². The molecule has 0 aliphatic carbocycles. The molecule has 166 valence electrons. The molecule has 1 fully saturated rings. The molecule has 2 aromatic heterocycles. The number of fused-ring (bicyclic) bond motifs is 1. The molecular formula is C22H31N7O2. The van der Waals surface area contributed by atoms with Crippen molar-refractivity contribution in [2.24, 2.45) is 0 Å². The maximum Gasteiger partial charge on any atom is 0.320 e. The van der Waals surface area contributed by atoms with Crippen LogP contribution in [0.25, 0.3) is 0 Å². The van der Waals surface area contributed by atoms with E-state index < -0.39 is 0 Å². The van der Waals surface area contributed by atoms with Crippen LogP contribution in [-0.4, -0.2) is 59.0 Å². The number of amides is 1. The minimum atomic E-state index is -0.140. The summed E-state index contributed by atoms with van der Waals surface area (Å²) in [5.74, 6) is 1.17. The first-order chi connectivity index (χ1) is 15.0. The number of anilines is 3. The molecule has 2 aromatic rings. The molecule has 0 unspecified atom stereocenters. The van der Waals surface area contributed by atoms with Crippen molar-refractivity contribution in [2.75, 3.05) is 49.2 Å². The topological polar surface area (TPSA) is 110 Å². The smallest absolute Gasteiger partial charge is 0.320 e. The number of hydrogen-bond donors (Lipinski definition) is 2. The zero-order valence-electron chi connectivity index (χ0n) is 18.3. The minimum absolute atomic E-state index is 0.140. The van der Waals surface area contributed by atoms with Gasteiger partial charge < -0.3 is 25.6 Å². The van der Waals surface area contributed by atoms with Crippen molar-refractivity contribution in [2.45, 2.75) is 45.1 Å². The molecule has 0 spiro atoms. The Kier molecular flexibility index (Phi) is 6.50. The fourth-order valence-electron chi connectivity index (χ4n) is 4.02. The molecule has 1 amide bonds. The number of nitrogen functional groups attached to an aromatic ring is 1. The van der Waals surface area contributed by atoms with Gasteiger partial charge in [-0.05, 0) is 51.0 Å². The van der Waals surface area contributed by atoms with Crippen LogP contribution in [0.2, 0.25) is 0 Å². The summed E-state index contributed by atoms with van der Waals surface area (Å²) in [6.07, 6.45) is 6.11. The number of unbranched alkanes of at least 4 members (excludes halogenated alkanes) is 1. The van der Waals surface area contributed by atoms with Gasteiger partial charge in [0.25, 0.3) is 0 Å². The third-order valence-corrected chi connectivity index (χ3v) is 5.88. The standard InChI is InChI=1S/C22H31N7O2/c1-3-4-11-31-22-26-20(23)19-21(27-22)29(14-18(30)25-19)13-15-5-6-17(24-12-15)16-7-9-28(2)10-8-16/h5-6,12,16H,3-4,7-11,13-14H2,1-2H3,(H,25,30)(H2,23,26,27). The molecule has 3 N–H and O–H groups in total. The van der Waals surface area contributed by atoms with Crippen molar-refractivity contribution in [3.05, 3.63) is 29.6 Å². The van der Waals surface area contributed by atoms with Crippen LogP contribution in [0.4, 0.5) is 17.3 Å². The first-order valence-electron chi connectivity index (χ1n) is 11.0. The highest BCUT2D eigenvalue weighted by atomic mass is 16.5. The number of nitrogens with zero attached hydrogens (tertiary/aromatic N) is 5. The Hall–Kier alpha value is -2.94. The van der Waals surface area contributed by atoms with Crippen LogP contribution in [-0.2, 0) is 11.3 Å². The van der Waals surface area contributed by atoms with Crippen LogP contribution in [0.15, 0.2) is 18.3 Å². The predicted octanol–water partition coefficient (Wildman–Crippen LogP) is 2.40. The van der Waals surface area contributed by atoms with Gasteiger partial charge in [-0.1, -0.05) is 19.4 Å². The number of piperidine rings is 1. The molecule has 4 heterocycles. The number of carbonyl (C=O) groups is 1. The normalized spacial score (nSPS) is 17.4. The fraction of sp³-hybridized carbons (Fsp3) is 0.545. The summed E-state index contributed by atoms with van der Waals surface area (Å²) in [5, 5.41) is 2.79. The van der Waals surface area contributed by atoms with Gasteiger partial charge in [-0.25, -0.2) is 0 Å². The Bertz CT molecular complexity index is 911. The molecule has 0 bridgehead atoms. The molecule has 0 radical (unpaired) electrons. The number of hydrogen-bond acceptors (Lipinski definition) is 8. The van der Waals surface area contributed by atoms with Gasteiger partial charge in [0.2, 0.25) is 5.91 Å². The van der Waals surface area contributed by atoms with E-state index in [0.717, 1.165) is 50.0 Å². The molecule has 0 saturated carbocycles. The molecule has 1 saturated heterocycles. The number of aromatic nitrogens is 3. The van der Waals surface area contributed by atoms with E-state index in [1.54, 1.807) is 0 Å². The van der Waals surface area contributed by atoms with Crippen LogP contribution in [0, 0.1) is 0 Å². The van der Waals surface area contributed by atoms with Crippen molar-refractivity contribution in [1.29, 1.82) is 0 Å². The van der Waals surface area contributed by atoms with Crippen LogP contribution >= 0.6 is 0 Å². The summed E-state index contributed by atoms with van der Waals surface area (Å²) in [7, 11) is 2.16. The first kappa shape index (κ1) is 21.3. The average Bonchev–Trinajstić information content (AvgIpc) is 2.76. The van der Waals surface area contributed by atoms with Gasteiger partial charge in [-0.15, -0.1) is 0 Å². The summed E-state index contributed by atoms with van der Waals surface area (Å²) >= 11 is 0. The molecular weight excluding hydrogens is 394 g/mol. The number of pyridine rings is 1. The van der Waals surface area contributed by atoms with Gasteiger partial charge in [0.05, 0.1) is 13.2 Å². The summed E-state index contributed by atoms with van der Waals surface area (Å²) < 4.78 is 5.65. The Balaban J connectivity index is 1.50. The van der Waals surface area contributed by atoms with Crippen LogP contribution in [0.1, 0.15) is 49.8 Å². The van der Waals surface area contributed by atoms with Gasteiger partial charge in [-0.3, -0.25) is 9.78 Å². The highest BCUT2D eigenvalue weighted by molar-refractivity contribution is 6.03. The second-order valence-corrected chi connectivity index (χ2v) is 8.37. The van der Waals surface area contributed by atoms with Gasteiger partial charge in [0, 0.05) is 24.4 Å². The van der Waals surface area contributed by atoms with E-state index in [1.807, 2.05) is 11.1 Å². The zero-order chi connectivity index (χ0) is 21.8. The number of likely N-dealkylation sites (tertiary alicyclic amines) is 1. The van der Waals surface area contributed by atoms with E-state index in [-0.39, 0.29) is 24.3 Å². The second kappa shape index (κ2) is 9.47. The predicted molar refractivity (Wildman–Crippen MR) is 120 cm³/mol. The zero-order valence-corrected chi connectivity index (χ0v) is 18.3. The summed E-state index contributed by atoms with van der Waals surface area (Å²) in [4.78, 5) is 29.9. The lowest BCUT2D eigenvalue weighted by Crippen LogP contribution is -2.39. The largest absolute Gasteiger partial charge is 0.463 e. The van der Waals surface area contributed by atoms with Gasteiger partial charge in [0.1, 0.15) is 5.69 Å². The van der Waals surface area contributed by atoms with E-state index in [4.69, 9.17) is 15.5 Å². The Morgan fingerprint density at radius 1 is 1.26 bits per heavy atom. The number of rotatable bonds is 7. The van der Waals surface area contributed by atoms with Gasteiger partial charge >= 0.3 is 6.01 Å². The van der Waals surface area contributed by atoms with E-state index >= 15 is 0 Å². The maximum atomic E-state index is 12.2. The maximum absolute atomic E-state index is 12.2. The third-order valence-electron chi connectivity index (χ3n) is 5.88. The molecule has 9 nitrogen and oxygen atoms in total. The quantitative estimate of drug-likeness (QED) is 0.651. The third kappa shape index (κ3) is 5.04. The Labute approximate surface area is 183 Å². The van der Waals surface area contributed by atoms with E-state index in [9.17, 15) is 4.79 Å². The summed E-state index contributed by atoms with van der Waals surface area (Å²) in [5.41, 5.74) is 8.69. The SMILES string of the molecule is CCCCOc1nc(N)c2c(n1)N(Cc1ccc(C3CCN(C)CC3)nc1)CC(=O)N2. The Morgan fingerprint density at radius 3 is 2.77 bits per heavy atom. The lowest BCUT2D eigenvalue weighted by molar-refractivity contribution is -0.115. The van der Waals surface area contributed by atoms with Crippen LogP contribution in [0.3, 0.4) is 0 Å². The number of nitrogens with two attached hydrogens (primary N) is 1. The molecule has 2 aliphatic heterocycles. The number of nitrogens with one attached hydrogen (secondary N) is 1. The fourth-order valence-corrected chi connectivity index (χ4v) is 4.02. The molecule has 2 aliphatic rings. The second-order valence-electron chi connectivity index (χ2n) is 8.37. The van der Waals surface area contributed by atoms with E-state index in [2.05, 4.69) is 46.3 Å². The molecule has 31 heavy (non-hydrogen) atoms. The van der Waals surface area contributed by atoms with Gasteiger partial charge in [0.15, 0.2) is 11.6 Å². The highest BCUT2D eigenvalue weighted by Crippen LogP contribution is 2.34. The molecule has 4 rings (SSSR count). The highest BCUT2D eigenvalue weighted by Gasteiger charge is 2.28. The van der Waals surface area contributed by atoms with Crippen molar-refractivity contribution >= 4 is 23.2 Å². The lowest BCUT2D eigenvalue weighted by Gasteiger charge is -2.30. The van der Waals surface area contributed by atoms with Gasteiger partial charge in [-0.2, -0.15) is 9.97 Å². The average molecular weight is 426 g/mol. The molecule has 9 heteroatoms. The minimum Gasteiger partial charge on any atom is -0.463 e. The lowest BCUT2D eigenvalue weighted by atomic mass is 9.93. The van der Waals surface area contributed by atoms with E-state index in [0.29, 0.717) is 30.6 Å². The van der Waals surface area contributed by atoms with Crippen molar-refractivity contribution < 1.29 is 9.53 Å². The number of carbonyl (C=O) groups excluding carboxylic acids is 1. The van der Waals surface area contributed by atoms with Crippen molar-refractivity contribution in [1.82, 2.24) is 19.9 Å². The van der Waals surface area contributed by atoms with Crippen LogP contribution in [0.5, 0.6) is 6.01 Å². The molecule has 0 aromatic carbocycles. The monoisotopic (exact) mass is 425 g/mol. The van der Waals surface area contributed by atoms with Crippen molar-refractivity contribution in [3.8, 4) is 6.01 Å².